The quantitative estimate of drug-likeness (QED) is 0.251. The highest BCUT2D eigenvalue weighted by Crippen LogP contribution is 2.29. The van der Waals surface area contributed by atoms with Gasteiger partial charge in [-0.3, -0.25) is 9.36 Å². The lowest BCUT2D eigenvalue weighted by Gasteiger charge is -2.12. The molecule has 0 saturated carbocycles. The Morgan fingerprint density at radius 2 is 1.75 bits per heavy atom. The van der Waals surface area contributed by atoms with Gasteiger partial charge in [0.05, 0.1) is 11.4 Å². The van der Waals surface area contributed by atoms with Crippen molar-refractivity contribution in [2.75, 3.05) is 11.1 Å². The maximum Gasteiger partial charge on any atom is 0.236 e. The van der Waals surface area contributed by atoms with Gasteiger partial charge < -0.3 is 5.32 Å². The van der Waals surface area contributed by atoms with Crippen LogP contribution in [0.2, 0.25) is 0 Å². The van der Waals surface area contributed by atoms with E-state index in [0.717, 1.165) is 33.1 Å². The van der Waals surface area contributed by atoms with Gasteiger partial charge in [-0.15, -0.1) is 21.5 Å². The van der Waals surface area contributed by atoms with E-state index >= 15 is 0 Å². The SMILES string of the molecule is Cc1ccccc1-n1c(SCC(=O)Nc2ncc(Cc3ccc(F)cc3)s2)nnc1-c1ccccc1. The molecule has 3 aromatic carbocycles. The summed E-state index contributed by atoms with van der Waals surface area (Å²) in [5.74, 6) is 0.440. The lowest BCUT2D eigenvalue weighted by atomic mass is 10.1. The first-order chi connectivity index (χ1) is 17.6. The van der Waals surface area contributed by atoms with Crippen LogP contribution in [0.4, 0.5) is 9.52 Å². The number of hydrogen-bond donors (Lipinski definition) is 1. The van der Waals surface area contributed by atoms with Gasteiger partial charge in [-0.25, -0.2) is 9.37 Å². The van der Waals surface area contributed by atoms with Crippen LogP contribution >= 0.6 is 23.1 Å². The third-order valence-corrected chi connectivity index (χ3v) is 7.29. The predicted octanol–water partition coefficient (Wildman–Crippen LogP) is 6.16. The second kappa shape index (κ2) is 10.8. The number of hydrogen-bond acceptors (Lipinski definition) is 6. The second-order valence-electron chi connectivity index (χ2n) is 8.07. The molecule has 2 heterocycles. The average Bonchev–Trinajstić information content (AvgIpc) is 3.52. The first kappa shape index (κ1) is 23.9. The highest BCUT2D eigenvalue weighted by Gasteiger charge is 2.18. The molecule has 9 heteroatoms. The zero-order valence-electron chi connectivity index (χ0n) is 19.4. The summed E-state index contributed by atoms with van der Waals surface area (Å²) in [5, 5.41) is 12.9. The largest absolute Gasteiger partial charge is 0.301 e. The minimum Gasteiger partial charge on any atom is -0.301 e. The maximum atomic E-state index is 13.1. The summed E-state index contributed by atoms with van der Waals surface area (Å²) in [7, 11) is 0. The third kappa shape index (κ3) is 5.53. The minimum absolute atomic E-state index is 0.158. The van der Waals surface area contributed by atoms with Crippen LogP contribution in [0.5, 0.6) is 0 Å². The number of aromatic nitrogens is 4. The number of halogens is 1. The Bertz CT molecular complexity index is 1480. The molecule has 36 heavy (non-hydrogen) atoms. The number of nitrogens with one attached hydrogen (secondary N) is 1. The number of nitrogens with zero attached hydrogens (tertiary/aromatic N) is 4. The molecule has 0 saturated heterocycles. The van der Waals surface area contributed by atoms with Crippen LogP contribution in [0.15, 0.2) is 90.2 Å². The van der Waals surface area contributed by atoms with Crippen molar-refractivity contribution < 1.29 is 9.18 Å². The monoisotopic (exact) mass is 515 g/mol. The van der Waals surface area contributed by atoms with Crippen LogP contribution in [-0.2, 0) is 11.2 Å². The summed E-state index contributed by atoms with van der Waals surface area (Å²) < 4.78 is 15.1. The van der Waals surface area contributed by atoms with Gasteiger partial charge in [-0.1, -0.05) is 72.4 Å². The van der Waals surface area contributed by atoms with Crippen molar-refractivity contribution in [3.63, 3.8) is 0 Å². The highest BCUT2D eigenvalue weighted by molar-refractivity contribution is 7.99. The van der Waals surface area contributed by atoms with Gasteiger partial charge >= 0.3 is 0 Å². The van der Waals surface area contributed by atoms with Crippen molar-refractivity contribution in [1.82, 2.24) is 19.7 Å². The highest BCUT2D eigenvalue weighted by atomic mass is 32.2. The molecule has 5 aromatic rings. The Labute approximate surface area is 216 Å². The Kier molecular flexibility index (Phi) is 7.20. The van der Waals surface area contributed by atoms with E-state index < -0.39 is 0 Å². The molecule has 0 aliphatic rings. The number of benzene rings is 3. The van der Waals surface area contributed by atoms with Crippen LogP contribution in [0.1, 0.15) is 16.0 Å². The van der Waals surface area contributed by atoms with Crippen LogP contribution in [0.25, 0.3) is 17.1 Å². The Morgan fingerprint density at radius 3 is 2.53 bits per heavy atom. The average molecular weight is 516 g/mol. The van der Waals surface area contributed by atoms with E-state index in [9.17, 15) is 9.18 Å². The zero-order chi connectivity index (χ0) is 24.9. The molecule has 6 nitrogen and oxygen atoms in total. The zero-order valence-corrected chi connectivity index (χ0v) is 21.0. The number of amides is 1. The van der Waals surface area contributed by atoms with Gasteiger partial charge in [-0.05, 0) is 36.2 Å². The van der Waals surface area contributed by atoms with Crippen molar-refractivity contribution >= 4 is 34.1 Å². The van der Waals surface area contributed by atoms with Crippen molar-refractivity contribution in [3.05, 3.63) is 107 Å². The molecule has 0 bridgehead atoms. The second-order valence-corrected chi connectivity index (χ2v) is 10.1. The number of rotatable bonds is 8. The summed E-state index contributed by atoms with van der Waals surface area (Å²) in [6.07, 6.45) is 2.36. The first-order valence-corrected chi connectivity index (χ1v) is 13.1. The van der Waals surface area contributed by atoms with E-state index in [-0.39, 0.29) is 17.5 Å². The van der Waals surface area contributed by atoms with E-state index in [0.29, 0.717) is 16.7 Å². The van der Waals surface area contributed by atoms with E-state index in [1.165, 1.54) is 35.2 Å². The van der Waals surface area contributed by atoms with Crippen molar-refractivity contribution in [3.8, 4) is 17.1 Å². The maximum absolute atomic E-state index is 13.1. The fourth-order valence-corrected chi connectivity index (χ4v) is 5.31. The van der Waals surface area contributed by atoms with Gasteiger partial charge in [0.2, 0.25) is 5.91 Å². The lowest BCUT2D eigenvalue weighted by Crippen LogP contribution is -2.14. The molecule has 0 aliphatic heterocycles. The normalized spacial score (nSPS) is 10.9. The summed E-state index contributed by atoms with van der Waals surface area (Å²) >= 11 is 2.73. The molecule has 0 spiro atoms. The Morgan fingerprint density at radius 1 is 1.00 bits per heavy atom. The van der Waals surface area contributed by atoms with Crippen LogP contribution < -0.4 is 5.32 Å². The number of carbonyl (C=O) groups excluding carboxylic acids is 1. The molecule has 0 aliphatic carbocycles. The van der Waals surface area contributed by atoms with Gasteiger partial charge in [0.25, 0.3) is 0 Å². The number of aryl methyl sites for hydroxylation is 1. The van der Waals surface area contributed by atoms with Gasteiger partial charge in [-0.2, -0.15) is 0 Å². The molecule has 0 atom stereocenters. The number of anilines is 1. The van der Waals surface area contributed by atoms with E-state index in [1.807, 2.05) is 66.1 Å². The molecule has 2 aromatic heterocycles. The van der Waals surface area contributed by atoms with Gasteiger partial charge in [0.15, 0.2) is 16.1 Å². The Balaban J connectivity index is 1.29. The molecule has 0 radical (unpaired) electrons. The minimum atomic E-state index is -0.261. The molecule has 5 rings (SSSR count). The third-order valence-electron chi connectivity index (χ3n) is 5.45. The number of para-hydroxylation sites is 1. The predicted molar refractivity (Wildman–Crippen MR) is 142 cm³/mol. The molecule has 0 unspecified atom stereocenters. The fraction of sp³-hybridized carbons (Fsp3) is 0.111. The summed E-state index contributed by atoms with van der Waals surface area (Å²) in [6.45, 7) is 2.04. The summed E-state index contributed by atoms with van der Waals surface area (Å²) in [5.41, 5.74) is 3.98. The molecular weight excluding hydrogens is 493 g/mol. The van der Waals surface area contributed by atoms with Crippen molar-refractivity contribution in [2.45, 2.75) is 18.5 Å². The first-order valence-electron chi connectivity index (χ1n) is 11.3. The van der Waals surface area contributed by atoms with E-state index in [1.54, 1.807) is 18.3 Å². The molecule has 180 valence electrons. The number of carbonyl (C=O) groups is 1. The Hall–Kier alpha value is -3.82. The fourth-order valence-electron chi connectivity index (χ4n) is 3.71. The topological polar surface area (TPSA) is 72.7 Å². The lowest BCUT2D eigenvalue weighted by molar-refractivity contribution is -0.113. The standard InChI is InChI=1S/C27H22FN5OS2/c1-18-7-5-6-10-23(18)33-25(20-8-3-2-4-9-20)31-32-27(33)35-17-24(34)30-26-29-16-22(36-26)15-19-11-13-21(28)14-12-19/h2-14,16H,15,17H2,1H3,(H,29,30,34). The van der Waals surface area contributed by atoms with Crippen LogP contribution in [-0.4, -0.2) is 31.4 Å². The van der Waals surface area contributed by atoms with Gasteiger partial charge in [0.1, 0.15) is 5.82 Å². The molecular formula is C27H22FN5OS2. The van der Waals surface area contributed by atoms with Crippen molar-refractivity contribution in [2.24, 2.45) is 0 Å². The van der Waals surface area contributed by atoms with Crippen molar-refractivity contribution in [1.29, 1.82) is 0 Å². The summed E-state index contributed by atoms with van der Waals surface area (Å²) in [6, 6.07) is 24.3. The van der Waals surface area contributed by atoms with E-state index in [4.69, 9.17) is 0 Å². The molecule has 1 N–H and O–H groups in total. The number of thioether (sulfide) groups is 1. The smallest absolute Gasteiger partial charge is 0.236 e. The van der Waals surface area contributed by atoms with Gasteiger partial charge in [0, 0.05) is 23.1 Å². The molecule has 1 amide bonds. The number of thiazole rings is 1. The molecule has 0 fully saturated rings. The van der Waals surface area contributed by atoms with Crippen LogP contribution in [0, 0.1) is 12.7 Å². The van der Waals surface area contributed by atoms with E-state index in [2.05, 4.69) is 20.5 Å². The summed E-state index contributed by atoms with van der Waals surface area (Å²) in [4.78, 5) is 18.0. The van der Waals surface area contributed by atoms with Crippen LogP contribution in [0.3, 0.4) is 0 Å².